The lowest BCUT2D eigenvalue weighted by Gasteiger charge is -2.12. The van der Waals surface area contributed by atoms with Gasteiger partial charge in [0.25, 0.3) is 0 Å². The zero-order chi connectivity index (χ0) is 19.8. The number of anilines is 1. The Labute approximate surface area is 163 Å². The maximum absolute atomic E-state index is 11.7. The molecule has 2 aromatic carbocycles. The van der Waals surface area contributed by atoms with Gasteiger partial charge in [0.05, 0.1) is 17.6 Å². The molecule has 0 saturated heterocycles. The van der Waals surface area contributed by atoms with Crippen LogP contribution in [0.5, 0.6) is 0 Å². The molecule has 28 heavy (non-hydrogen) atoms. The fourth-order valence-corrected chi connectivity index (χ4v) is 3.78. The van der Waals surface area contributed by atoms with Crippen molar-refractivity contribution in [2.75, 3.05) is 32.5 Å². The van der Waals surface area contributed by atoms with E-state index in [1.165, 1.54) is 5.56 Å². The van der Waals surface area contributed by atoms with E-state index in [2.05, 4.69) is 54.0 Å². The Bertz CT molecular complexity index is 1190. The van der Waals surface area contributed by atoms with Crippen LogP contribution in [-0.2, 0) is 11.3 Å². The van der Waals surface area contributed by atoms with Crippen LogP contribution in [0.15, 0.2) is 42.5 Å². The number of aryl methyl sites for hydroxylation is 1. The van der Waals surface area contributed by atoms with Crippen molar-refractivity contribution in [2.45, 2.75) is 13.5 Å². The zero-order valence-corrected chi connectivity index (χ0v) is 16.5. The molecule has 2 aromatic heterocycles. The summed E-state index contributed by atoms with van der Waals surface area (Å²) in [5.74, 6) is -0.198. The van der Waals surface area contributed by atoms with Crippen LogP contribution in [-0.4, -0.2) is 47.5 Å². The third kappa shape index (κ3) is 3.10. The number of nitrogens with two attached hydrogens (primary N) is 1. The summed E-state index contributed by atoms with van der Waals surface area (Å²) in [6, 6.07) is 14.2. The lowest BCUT2D eigenvalue weighted by atomic mass is 10.0. The summed E-state index contributed by atoms with van der Waals surface area (Å²) in [6.45, 7) is 3.87. The summed E-state index contributed by atoms with van der Waals surface area (Å²) < 4.78 is 2.28. The molecule has 0 bridgehead atoms. The van der Waals surface area contributed by atoms with Crippen LogP contribution in [0.3, 0.4) is 0 Å². The number of hydrogen-bond acceptors (Lipinski definition) is 4. The van der Waals surface area contributed by atoms with Crippen LogP contribution >= 0.6 is 0 Å². The van der Waals surface area contributed by atoms with E-state index in [1.54, 1.807) is 0 Å². The number of likely N-dealkylation sites (N-methyl/N-ethyl adjacent to an activating group) is 1. The molecule has 0 fully saturated rings. The summed E-state index contributed by atoms with van der Waals surface area (Å²) in [5, 5.41) is 6.25. The fourth-order valence-electron chi connectivity index (χ4n) is 3.78. The van der Waals surface area contributed by atoms with Crippen LogP contribution in [0.25, 0.3) is 32.8 Å². The Kier molecular flexibility index (Phi) is 4.75. The number of aromatic nitrogens is 2. The zero-order valence-electron chi connectivity index (χ0n) is 16.5. The molecule has 4 aromatic rings. The molecule has 2 heterocycles. The first-order valence-electron chi connectivity index (χ1n) is 9.45. The van der Waals surface area contributed by atoms with Gasteiger partial charge in [-0.15, -0.1) is 0 Å². The van der Waals surface area contributed by atoms with Crippen molar-refractivity contribution in [3.8, 4) is 0 Å². The molecule has 0 spiro atoms. The van der Waals surface area contributed by atoms with Crippen LogP contribution in [0, 0.1) is 6.92 Å². The van der Waals surface area contributed by atoms with Gasteiger partial charge in [0.1, 0.15) is 5.65 Å². The Hall–Kier alpha value is -2.96. The van der Waals surface area contributed by atoms with Gasteiger partial charge in [0.15, 0.2) is 0 Å². The Morgan fingerprint density at radius 2 is 1.96 bits per heavy atom. The number of carbonyl (C=O) groups excluding carboxylic acids is 1. The predicted octanol–water partition coefficient (Wildman–Crippen LogP) is 3.11. The smallest absolute Gasteiger partial charge is 0.238 e. The van der Waals surface area contributed by atoms with Gasteiger partial charge in [0.2, 0.25) is 5.91 Å². The number of hydrogen-bond donors (Lipinski definition) is 2. The average molecular weight is 375 g/mol. The largest absolute Gasteiger partial charge is 0.325 e. The topological polar surface area (TPSA) is 76.2 Å². The molecule has 6 heteroatoms. The lowest BCUT2D eigenvalue weighted by Crippen LogP contribution is -2.21. The van der Waals surface area contributed by atoms with Crippen molar-refractivity contribution in [3.63, 3.8) is 0 Å². The number of rotatable bonds is 5. The van der Waals surface area contributed by atoms with Crippen molar-refractivity contribution < 1.29 is 4.79 Å². The van der Waals surface area contributed by atoms with Gasteiger partial charge >= 0.3 is 0 Å². The molecule has 0 unspecified atom stereocenters. The van der Waals surface area contributed by atoms with Crippen LogP contribution < -0.4 is 11.1 Å². The second kappa shape index (κ2) is 7.22. The van der Waals surface area contributed by atoms with Crippen molar-refractivity contribution in [1.29, 1.82) is 0 Å². The number of benzene rings is 2. The average Bonchev–Trinajstić information content (AvgIpc) is 2.99. The number of nitrogens with zero attached hydrogens (tertiary/aromatic N) is 3. The standard InChI is InChI=1S/C22H25N5O/c1-14-16-6-4-5-7-18(16)25-22-21(14)17-12-15(24-20(28)13-23)8-9-19(17)27(22)11-10-26(2)3/h4-9,12H,10-11,13,23H2,1-3H3,(H,24,28). The van der Waals surface area contributed by atoms with Gasteiger partial charge in [0, 0.05) is 34.9 Å². The lowest BCUT2D eigenvalue weighted by molar-refractivity contribution is -0.114. The van der Waals surface area contributed by atoms with Crippen molar-refractivity contribution in [3.05, 3.63) is 48.0 Å². The molecule has 0 aliphatic heterocycles. The Morgan fingerprint density at radius 3 is 2.71 bits per heavy atom. The minimum absolute atomic E-state index is 0.0339. The maximum Gasteiger partial charge on any atom is 0.238 e. The van der Waals surface area contributed by atoms with E-state index >= 15 is 0 Å². The molecule has 0 aliphatic carbocycles. The van der Waals surface area contributed by atoms with Crippen LogP contribution in [0.2, 0.25) is 0 Å². The number of nitrogens with one attached hydrogen (secondary N) is 1. The van der Waals surface area contributed by atoms with Gasteiger partial charge in [-0.1, -0.05) is 18.2 Å². The molecule has 0 aliphatic rings. The van der Waals surface area contributed by atoms with E-state index in [0.717, 1.165) is 51.6 Å². The van der Waals surface area contributed by atoms with Gasteiger partial charge in [-0.3, -0.25) is 4.79 Å². The minimum atomic E-state index is -0.198. The molecular weight excluding hydrogens is 350 g/mol. The summed E-state index contributed by atoms with van der Waals surface area (Å²) in [4.78, 5) is 18.9. The molecule has 1 amide bonds. The second-order valence-electron chi connectivity index (χ2n) is 7.39. The van der Waals surface area contributed by atoms with E-state index in [9.17, 15) is 4.79 Å². The highest BCUT2D eigenvalue weighted by Crippen LogP contribution is 2.35. The van der Waals surface area contributed by atoms with Gasteiger partial charge in [-0.2, -0.15) is 0 Å². The minimum Gasteiger partial charge on any atom is -0.325 e. The first-order valence-corrected chi connectivity index (χ1v) is 9.45. The molecule has 0 atom stereocenters. The molecule has 6 nitrogen and oxygen atoms in total. The monoisotopic (exact) mass is 375 g/mol. The Balaban J connectivity index is 2.02. The normalized spacial score (nSPS) is 11.8. The summed E-state index contributed by atoms with van der Waals surface area (Å²) >= 11 is 0. The number of pyridine rings is 1. The number of amides is 1. The maximum atomic E-state index is 11.7. The van der Waals surface area contributed by atoms with E-state index in [-0.39, 0.29) is 12.5 Å². The molecule has 0 radical (unpaired) electrons. The third-order valence-corrected chi connectivity index (χ3v) is 5.19. The second-order valence-corrected chi connectivity index (χ2v) is 7.39. The fraction of sp³-hybridized carbons (Fsp3) is 0.273. The van der Waals surface area contributed by atoms with E-state index in [0.29, 0.717) is 0 Å². The van der Waals surface area contributed by atoms with Crippen molar-refractivity contribution >= 4 is 44.4 Å². The van der Waals surface area contributed by atoms with Gasteiger partial charge in [-0.25, -0.2) is 4.98 Å². The first-order chi connectivity index (χ1) is 13.5. The SMILES string of the molecule is Cc1c2ccccc2nc2c1c1cc(NC(=O)CN)ccc1n2CCN(C)C. The predicted molar refractivity (Wildman–Crippen MR) is 116 cm³/mol. The molecule has 144 valence electrons. The van der Waals surface area contributed by atoms with E-state index in [1.807, 2.05) is 24.3 Å². The molecule has 0 saturated carbocycles. The third-order valence-electron chi connectivity index (χ3n) is 5.19. The van der Waals surface area contributed by atoms with Crippen molar-refractivity contribution in [1.82, 2.24) is 14.5 Å². The highest BCUT2D eigenvalue weighted by molar-refractivity contribution is 6.13. The highest BCUT2D eigenvalue weighted by atomic mass is 16.1. The molecule has 3 N–H and O–H groups in total. The number of carbonyl (C=O) groups is 1. The molecular formula is C22H25N5O. The summed E-state index contributed by atoms with van der Waals surface area (Å²) in [5.41, 5.74) is 10.5. The van der Waals surface area contributed by atoms with E-state index < -0.39 is 0 Å². The number of para-hydroxylation sites is 1. The summed E-state index contributed by atoms with van der Waals surface area (Å²) in [7, 11) is 4.14. The molecule has 4 rings (SSSR count). The first kappa shape index (κ1) is 18.4. The quantitative estimate of drug-likeness (QED) is 0.562. The number of fused-ring (bicyclic) bond motifs is 4. The van der Waals surface area contributed by atoms with Gasteiger partial charge < -0.3 is 20.5 Å². The summed E-state index contributed by atoms with van der Waals surface area (Å²) in [6.07, 6.45) is 0. The highest BCUT2D eigenvalue weighted by Gasteiger charge is 2.17. The van der Waals surface area contributed by atoms with Crippen LogP contribution in [0.4, 0.5) is 5.69 Å². The Morgan fingerprint density at radius 1 is 1.18 bits per heavy atom. The van der Waals surface area contributed by atoms with Gasteiger partial charge in [-0.05, 0) is 50.8 Å². The van der Waals surface area contributed by atoms with Crippen molar-refractivity contribution in [2.24, 2.45) is 5.73 Å². The van der Waals surface area contributed by atoms with Crippen LogP contribution in [0.1, 0.15) is 5.56 Å². The van der Waals surface area contributed by atoms with E-state index in [4.69, 9.17) is 10.7 Å².